The first-order valence-corrected chi connectivity index (χ1v) is 8.56. The zero-order valence-corrected chi connectivity index (χ0v) is 13.8. The van der Waals surface area contributed by atoms with Gasteiger partial charge >= 0.3 is 0 Å². The van der Waals surface area contributed by atoms with Gasteiger partial charge in [0.1, 0.15) is 5.78 Å². The van der Waals surface area contributed by atoms with E-state index in [2.05, 4.69) is 60.0 Å². The van der Waals surface area contributed by atoms with Crippen LogP contribution in [-0.4, -0.2) is 24.1 Å². The zero-order valence-electron chi connectivity index (χ0n) is 13.0. The first-order chi connectivity index (χ1) is 10.7. The predicted octanol–water partition coefficient (Wildman–Crippen LogP) is 3.60. The van der Waals surface area contributed by atoms with Gasteiger partial charge in [-0.25, -0.2) is 0 Å². The Morgan fingerprint density at radius 1 is 1.23 bits per heavy atom. The number of ketones is 1. The van der Waals surface area contributed by atoms with E-state index in [4.69, 9.17) is 0 Å². The number of likely N-dealkylation sites (N-methyl/N-ethyl adjacent to an activating group) is 1. The van der Waals surface area contributed by atoms with Crippen molar-refractivity contribution < 1.29 is 4.79 Å². The lowest BCUT2D eigenvalue weighted by Gasteiger charge is -2.14. The molecule has 1 N–H and O–H groups in total. The maximum atomic E-state index is 11.5. The highest BCUT2D eigenvalue weighted by atomic mass is 32.2. The van der Waals surface area contributed by atoms with Crippen molar-refractivity contribution in [3.05, 3.63) is 65.8 Å². The lowest BCUT2D eigenvalue weighted by molar-refractivity contribution is -0.118. The molecule has 0 aromatic heterocycles. The number of thioether (sulfide) groups is 1. The summed E-state index contributed by atoms with van der Waals surface area (Å²) in [6, 6.07) is 8.52. The molecule has 0 saturated carbocycles. The third-order valence-electron chi connectivity index (χ3n) is 4.25. The quantitative estimate of drug-likeness (QED) is 0.901. The zero-order chi connectivity index (χ0) is 15.5. The van der Waals surface area contributed by atoms with Crippen molar-refractivity contribution in [2.45, 2.75) is 24.6 Å². The van der Waals surface area contributed by atoms with Crippen LogP contribution in [0.25, 0.3) is 4.91 Å². The van der Waals surface area contributed by atoms with Gasteiger partial charge in [0.2, 0.25) is 0 Å². The Hall–Kier alpha value is -1.58. The van der Waals surface area contributed by atoms with E-state index in [1.165, 1.54) is 16.0 Å². The molecule has 3 heteroatoms. The number of nitrogens with one attached hydrogen (secondary N) is 1. The smallest absolute Gasteiger partial charge is 0.147 e. The van der Waals surface area contributed by atoms with Gasteiger partial charge in [0.05, 0.1) is 6.04 Å². The minimum atomic E-state index is -0.0935. The van der Waals surface area contributed by atoms with E-state index in [9.17, 15) is 4.79 Å². The number of hydrogen-bond acceptors (Lipinski definition) is 3. The Kier molecular flexibility index (Phi) is 4.65. The van der Waals surface area contributed by atoms with Crippen LogP contribution in [0.5, 0.6) is 0 Å². The number of carbonyl (C=O) groups is 1. The number of allylic oxidation sites excluding steroid dienone is 4. The highest BCUT2D eigenvalue weighted by molar-refractivity contribution is 8.09. The normalized spacial score (nSPS) is 24.0. The van der Waals surface area contributed by atoms with Crippen LogP contribution in [0.2, 0.25) is 0 Å². The van der Waals surface area contributed by atoms with Crippen LogP contribution in [0, 0.1) is 5.92 Å². The molecule has 1 aromatic rings. The minimum Gasteiger partial charge on any atom is -0.310 e. The molecular weight excluding hydrogens is 290 g/mol. The number of fused-ring (bicyclic) bond motifs is 1. The second-order valence-electron chi connectivity index (χ2n) is 5.81. The number of rotatable bonds is 5. The molecule has 1 heterocycles. The van der Waals surface area contributed by atoms with Crippen LogP contribution in [0.4, 0.5) is 0 Å². The van der Waals surface area contributed by atoms with Crippen LogP contribution >= 0.6 is 11.8 Å². The Morgan fingerprint density at radius 3 is 2.59 bits per heavy atom. The summed E-state index contributed by atoms with van der Waals surface area (Å²) in [5.41, 5.74) is 2.47. The SMILES string of the molecule is CN[C@@H](Cc1ccc(C2=CC3C=CC=CC3S2)cc1)C(C)=O. The van der Waals surface area contributed by atoms with Crippen molar-refractivity contribution in [2.24, 2.45) is 5.92 Å². The largest absolute Gasteiger partial charge is 0.310 e. The van der Waals surface area contributed by atoms with Crippen LogP contribution in [0.15, 0.2) is 54.6 Å². The van der Waals surface area contributed by atoms with Gasteiger partial charge in [0, 0.05) is 16.1 Å². The average Bonchev–Trinajstić information content (AvgIpc) is 2.97. The molecule has 0 amide bonds. The monoisotopic (exact) mass is 311 g/mol. The van der Waals surface area contributed by atoms with Crippen LogP contribution in [0.1, 0.15) is 18.1 Å². The molecule has 1 aliphatic carbocycles. The summed E-state index contributed by atoms with van der Waals surface area (Å²) >= 11 is 1.93. The molecule has 0 radical (unpaired) electrons. The van der Waals surface area contributed by atoms with Crippen LogP contribution < -0.4 is 5.32 Å². The number of Topliss-reactive ketones (excluding diaryl/α,β-unsaturated/α-hetero) is 1. The molecule has 0 spiro atoms. The van der Waals surface area contributed by atoms with E-state index in [0.717, 1.165) is 6.42 Å². The molecule has 2 nitrogen and oxygen atoms in total. The lowest BCUT2D eigenvalue weighted by atomic mass is 9.98. The molecule has 2 unspecified atom stereocenters. The van der Waals surface area contributed by atoms with Crippen LogP contribution in [-0.2, 0) is 11.2 Å². The maximum absolute atomic E-state index is 11.5. The van der Waals surface area contributed by atoms with E-state index >= 15 is 0 Å². The number of carbonyl (C=O) groups excluding carboxylic acids is 1. The summed E-state index contributed by atoms with van der Waals surface area (Å²) in [6.45, 7) is 1.64. The Morgan fingerprint density at radius 2 is 1.95 bits per heavy atom. The fourth-order valence-electron chi connectivity index (χ4n) is 2.89. The molecule has 0 bridgehead atoms. The van der Waals surface area contributed by atoms with Crippen molar-refractivity contribution >= 4 is 22.5 Å². The summed E-state index contributed by atoms with van der Waals surface area (Å²) in [5.74, 6) is 0.708. The number of hydrogen-bond donors (Lipinski definition) is 1. The van der Waals surface area contributed by atoms with E-state index in [0.29, 0.717) is 11.2 Å². The molecule has 22 heavy (non-hydrogen) atoms. The first kappa shape index (κ1) is 15.3. The van der Waals surface area contributed by atoms with Crippen molar-refractivity contribution in [1.29, 1.82) is 0 Å². The molecule has 2 aliphatic rings. The highest BCUT2D eigenvalue weighted by Gasteiger charge is 2.26. The molecule has 0 fully saturated rings. The molecule has 114 valence electrons. The van der Waals surface area contributed by atoms with Gasteiger partial charge in [-0.15, -0.1) is 11.8 Å². The highest BCUT2D eigenvalue weighted by Crippen LogP contribution is 2.44. The summed E-state index contributed by atoms with van der Waals surface area (Å²) in [4.78, 5) is 12.9. The molecule has 0 saturated heterocycles. The van der Waals surface area contributed by atoms with Crippen LogP contribution in [0.3, 0.4) is 0 Å². The van der Waals surface area contributed by atoms with Gasteiger partial charge in [-0.3, -0.25) is 4.79 Å². The minimum absolute atomic E-state index is 0.0935. The maximum Gasteiger partial charge on any atom is 0.147 e. The van der Waals surface area contributed by atoms with Gasteiger partial charge in [0.15, 0.2) is 0 Å². The topological polar surface area (TPSA) is 29.1 Å². The van der Waals surface area contributed by atoms with Gasteiger partial charge in [-0.2, -0.15) is 0 Å². The van der Waals surface area contributed by atoms with Gasteiger partial charge in [-0.1, -0.05) is 54.6 Å². The van der Waals surface area contributed by atoms with Gasteiger partial charge in [-0.05, 0) is 31.5 Å². The summed E-state index contributed by atoms with van der Waals surface area (Å²) in [5, 5.41) is 3.62. The van der Waals surface area contributed by atoms with E-state index in [1.54, 1.807) is 6.92 Å². The van der Waals surface area contributed by atoms with E-state index in [-0.39, 0.29) is 11.8 Å². The third kappa shape index (κ3) is 3.26. The molecular formula is C19H21NOS. The Bertz CT molecular complexity index is 642. The summed E-state index contributed by atoms with van der Waals surface area (Å²) in [7, 11) is 1.84. The first-order valence-electron chi connectivity index (χ1n) is 7.68. The van der Waals surface area contributed by atoms with Gasteiger partial charge in [0.25, 0.3) is 0 Å². The Labute approximate surface area is 136 Å². The molecule has 3 rings (SSSR count). The average molecular weight is 311 g/mol. The predicted molar refractivity (Wildman–Crippen MR) is 94.8 cm³/mol. The Balaban J connectivity index is 1.71. The van der Waals surface area contributed by atoms with Crippen molar-refractivity contribution in [1.82, 2.24) is 5.32 Å². The molecule has 1 aromatic carbocycles. The van der Waals surface area contributed by atoms with E-state index in [1.807, 2.05) is 18.8 Å². The van der Waals surface area contributed by atoms with Crippen molar-refractivity contribution in [3.63, 3.8) is 0 Å². The molecule has 1 aliphatic heterocycles. The van der Waals surface area contributed by atoms with Crippen molar-refractivity contribution in [2.75, 3.05) is 7.05 Å². The standard InChI is InChI=1S/C19H21NOS/c1-13(21)17(20-2)11-14-7-9-15(10-8-14)19-12-16-5-3-4-6-18(16)22-19/h3-10,12,16-18,20H,11H2,1-2H3/t16?,17-,18?/m0/s1. The van der Waals surface area contributed by atoms with Gasteiger partial charge < -0.3 is 5.32 Å². The lowest BCUT2D eigenvalue weighted by Crippen LogP contribution is -2.34. The fourth-order valence-corrected chi connectivity index (χ4v) is 4.18. The second-order valence-corrected chi connectivity index (χ2v) is 7.03. The summed E-state index contributed by atoms with van der Waals surface area (Å²) in [6.07, 6.45) is 11.9. The van der Waals surface area contributed by atoms with E-state index < -0.39 is 0 Å². The second kappa shape index (κ2) is 6.67. The van der Waals surface area contributed by atoms with Crippen molar-refractivity contribution in [3.8, 4) is 0 Å². The summed E-state index contributed by atoms with van der Waals surface area (Å²) < 4.78 is 0. The third-order valence-corrected chi connectivity index (χ3v) is 5.62. The molecule has 3 atom stereocenters. The fraction of sp³-hybridized carbons (Fsp3) is 0.316. The number of benzene rings is 1.